The molecular weight excluding hydrogens is 324 g/mol. The highest BCUT2D eigenvalue weighted by Gasteiger charge is 2.30. The lowest BCUT2D eigenvalue weighted by molar-refractivity contribution is -0.136. The Labute approximate surface area is 144 Å². The SMILES string of the molecule is O=C(O)CCc1cc2n(n1)CCN(C(=O)c1onc3c1CCCC3)C2. The van der Waals surface area contributed by atoms with Crippen LogP contribution < -0.4 is 0 Å². The van der Waals surface area contributed by atoms with E-state index in [-0.39, 0.29) is 12.3 Å². The molecule has 0 bridgehead atoms. The molecule has 0 atom stereocenters. The maximum Gasteiger partial charge on any atom is 0.303 e. The molecule has 8 heteroatoms. The van der Waals surface area contributed by atoms with Crippen LogP contribution in [0.1, 0.15) is 52.5 Å². The van der Waals surface area contributed by atoms with Crippen LogP contribution in [-0.2, 0) is 37.1 Å². The van der Waals surface area contributed by atoms with Crippen molar-refractivity contribution in [3.05, 3.63) is 34.5 Å². The van der Waals surface area contributed by atoms with E-state index < -0.39 is 5.97 Å². The average Bonchev–Trinajstić information content (AvgIpc) is 3.22. The minimum Gasteiger partial charge on any atom is -0.481 e. The summed E-state index contributed by atoms with van der Waals surface area (Å²) in [7, 11) is 0. The Kier molecular flexibility index (Phi) is 4.03. The second kappa shape index (κ2) is 6.34. The molecule has 0 saturated heterocycles. The molecular formula is C17H20N4O4. The van der Waals surface area contributed by atoms with Gasteiger partial charge in [0.05, 0.1) is 36.6 Å². The van der Waals surface area contributed by atoms with Crippen molar-refractivity contribution >= 4 is 11.9 Å². The number of nitrogens with zero attached hydrogens (tertiary/aromatic N) is 4. The number of carbonyl (C=O) groups is 2. The zero-order valence-electron chi connectivity index (χ0n) is 13.9. The van der Waals surface area contributed by atoms with Crippen molar-refractivity contribution in [1.82, 2.24) is 19.8 Å². The molecule has 1 aliphatic heterocycles. The first-order valence-electron chi connectivity index (χ1n) is 8.66. The van der Waals surface area contributed by atoms with E-state index in [0.29, 0.717) is 31.8 Å². The van der Waals surface area contributed by atoms with E-state index in [2.05, 4.69) is 10.3 Å². The molecule has 8 nitrogen and oxygen atoms in total. The van der Waals surface area contributed by atoms with Crippen LogP contribution in [-0.4, -0.2) is 43.4 Å². The number of fused-ring (bicyclic) bond motifs is 2. The number of aromatic nitrogens is 3. The Morgan fingerprint density at radius 1 is 1.24 bits per heavy atom. The van der Waals surface area contributed by atoms with Gasteiger partial charge in [0.15, 0.2) is 0 Å². The number of hydrogen-bond donors (Lipinski definition) is 1. The number of hydrogen-bond acceptors (Lipinski definition) is 5. The van der Waals surface area contributed by atoms with Crippen LogP contribution >= 0.6 is 0 Å². The molecule has 1 amide bonds. The van der Waals surface area contributed by atoms with E-state index in [1.807, 2.05) is 10.7 Å². The molecule has 132 valence electrons. The third-order valence-corrected chi connectivity index (χ3v) is 4.88. The quantitative estimate of drug-likeness (QED) is 0.900. The van der Waals surface area contributed by atoms with E-state index in [0.717, 1.165) is 48.3 Å². The fraction of sp³-hybridized carbons (Fsp3) is 0.529. The van der Waals surface area contributed by atoms with E-state index in [9.17, 15) is 9.59 Å². The highest BCUT2D eigenvalue weighted by atomic mass is 16.5. The van der Waals surface area contributed by atoms with Gasteiger partial charge in [0, 0.05) is 18.5 Å². The van der Waals surface area contributed by atoms with E-state index in [4.69, 9.17) is 9.63 Å². The normalized spacial score (nSPS) is 16.4. The van der Waals surface area contributed by atoms with Crippen molar-refractivity contribution in [3.8, 4) is 0 Å². The molecule has 0 radical (unpaired) electrons. The summed E-state index contributed by atoms with van der Waals surface area (Å²) < 4.78 is 7.22. The number of rotatable bonds is 4. The largest absolute Gasteiger partial charge is 0.481 e. The van der Waals surface area contributed by atoms with Gasteiger partial charge in [-0.25, -0.2) is 0 Å². The highest BCUT2D eigenvalue weighted by molar-refractivity contribution is 5.93. The van der Waals surface area contributed by atoms with Crippen LogP contribution in [0.3, 0.4) is 0 Å². The summed E-state index contributed by atoms with van der Waals surface area (Å²) >= 11 is 0. The molecule has 0 unspecified atom stereocenters. The Morgan fingerprint density at radius 2 is 2.08 bits per heavy atom. The van der Waals surface area contributed by atoms with Crippen LogP contribution in [0.15, 0.2) is 10.6 Å². The monoisotopic (exact) mass is 344 g/mol. The first kappa shape index (κ1) is 15.9. The number of aryl methyl sites for hydroxylation is 2. The molecule has 2 aromatic rings. The summed E-state index contributed by atoms with van der Waals surface area (Å²) in [5.41, 5.74) is 3.57. The molecule has 1 aliphatic carbocycles. The number of carboxylic acids is 1. The van der Waals surface area contributed by atoms with Gasteiger partial charge in [0.25, 0.3) is 5.91 Å². The van der Waals surface area contributed by atoms with Crippen molar-refractivity contribution in [2.45, 2.75) is 51.6 Å². The van der Waals surface area contributed by atoms with Gasteiger partial charge in [0.1, 0.15) is 0 Å². The lowest BCUT2D eigenvalue weighted by Gasteiger charge is -2.27. The Balaban J connectivity index is 1.49. The second-order valence-corrected chi connectivity index (χ2v) is 6.61. The number of aliphatic carboxylic acids is 1. The van der Waals surface area contributed by atoms with Crippen molar-refractivity contribution in [1.29, 1.82) is 0 Å². The van der Waals surface area contributed by atoms with Gasteiger partial charge in [0.2, 0.25) is 5.76 Å². The first-order valence-corrected chi connectivity index (χ1v) is 8.66. The molecule has 0 spiro atoms. The van der Waals surface area contributed by atoms with Crippen LogP contribution in [0.5, 0.6) is 0 Å². The summed E-state index contributed by atoms with van der Waals surface area (Å²) in [5.74, 6) is -0.568. The number of carbonyl (C=O) groups excluding carboxylic acids is 1. The van der Waals surface area contributed by atoms with Crippen LogP contribution in [0, 0.1) is 0 Å². The summed E-state index contributed by atoms with van der Waals surface area (Å²) in [6, 6.07) is 1.89. The second-order valence-electron chi connectivity index (χ2n) is 6.61. The van der Waals surface area contributed by atoms with Gasteiger partial charge >= 0.3 is 5.97 Å². The molecule has 25 heavy (non-hydrogen) atoms. The molecule has 0 fully saturated rings. The van der Waals surface area contributed by atoms with Crippen LogP contribution in [0.4, 0.5) is 0 Å². The Bertz CT molecular complexity index is 823. The summed E-state index contributed by atoms with van der Waals surface area (Å²) in [5, 5.41) is 17.3. The van der Waals surface area contributed by atoms with Gasteiger partial charge < -0.3 is 14.5 Å². The maximum atomic E-state index is 12.8. The molecule has 0 aromatic carbocycles. The maximum absolute atomic E-state index is 12.8. The van der Waals surface area contributed by atoms with Gasteiger partial charge in [-0.15, -0.1) is 0 Å². The zero-order chi connectivity index (χ0) is 17.4. The van der Waals surface area contributed by atoms with Crippen molar-refractivity contribution < 1.29 is 19.2 Å². The minimum atomic E-state index is -0.835. The fourth-order valence-electron chi connectivity index (χ4n) is 3.56. The van der Waals surface area contributed by atoms with Crippen molar-refractivity contribution in [2.24, 2.45) is 0 Å². The lowest BCUT2D eigenvalue weighted by atomic mass is 9.96. The topological polar surface area (TPSA) is 101 Å². The lowest BCUT2D eigenvalue weighted by Crippen LogP contribution is -2.38. The summed E-state index contributed by atoms with van der Waals surface area (Å²) in [4.78, 5) is 25.3. The van der Waals surface area contributed by atoms with E-state index in [1.54, 1.807) is 4.90 Å². The number of amides is 1. The molecule has 3 heterocycles. The predicted octanol–water partition coefficient (Wildman–Crippen LogP) is 1.42. The minimum absolute atomic E-state index is 0.0588. The summed E-state index contributed by atoms with van der Waals surface area (Å²) in [6.45, 7) is 1.61. The van der Waals surface area contributed by atoms with Crippen LogP contribution in [0.25, 0.3) is 0 Å². The standard InChI is InChI=1S/C17H20N4O4/c22-15(23)6-5-11-9-12-10-20(7-8-21(12)18-11)17(24)16-13-3-1-2-4-14(13)19-25-16/h9H,1-8,10H2,(H,22,23). The van der Waals surface area contributed by atoms with Crippen molar-refractivity contribution in [3.63, 3.8) is 0 Å². The molecule has 1 N–H and O–H groups in total. The van der Waals surface area contributed by atoms with E-state index in [1.165, 1.54) is 0 Å². The average molecular weight is 344 g/mol. The Hall–Kier alpha value is -2.64. The third kappa shape index (κ3) is 3.04. The summed E-state index contributed by atoms with van der Waals surface area (Å²) in [6.07, 6.45) is 4.35. The highest BCUT2D eigenvalue weighted by Crippen LogP contribution is 2.26. The third-order valence-electron chi connectivity index (χ3n) is 4.88. The molecule has 2 aliphatic rings. The molecule has 0 saturated carbocycles. The zero-order valence-corrected chi connectivity index (χ0v) is 13.9. The van der Waals surface area contributed by atoms with Crippen molar-refractivity contribution in [2.75, 3.05) is 6.54 Å². The van der Waals surface area contributed by atoms with Gasteiger partial charge in [-0.3, -0.25) is 14.3 Å². The number of carboxylic acid groups (broad SMARTS) is 1. The Morgan fingerprint density at radius 3 is 2.92 bits per heavy atom. The first-order chi connectivity index (χ1) is 12.1. The van der Waals surface area contributed by atoms with Gasteiger partial charge in [-0.2, -0.15) is 5.10 Å². The van der Waals surface area contributed by atoms with Crippen LogP contribution in [0.2, 0.25) is 0 Å². The van der Waals surface area contributed by atoms with Gasteiger partial charge in [-0.1, -0.05) is 5.16 Å². The van der Waals surface area contributed by atoms with E-state index >= 15 is 0 Å². The predicted molar refractivity (Wildman–Crippen MR) is 86.1 cm³/mol. The van der Waals surface area contributed by atoms with Gasteiger partial charge in [-0.05, 0) is 31.7 Å². The molecule has 2 aromatic heterocycles. The smallest absolute Gasteiger partial charge is 0.303 e. The molecule has 4 rings (SSSR count). The fourth-order valence-corrected chi connectivity index (χ4v) is 3.56.